The number of nitrogens with zero attached hydrogens (tertiary/aromatic N) is 3. The Morgan fingerprint density at radius 2 is 1.92 bits per heavy atom. The van der Waals surface area contributed by atoms with Crippen LogP contribution in [-0.2, 0) is 17.8 Å². The fourth-order valence-electron chi connectivity index (χ4n) is 4.65. The van der Waals surface area contributed by atoms with Gasteiger partial charge in [0, 0.05) is 22.9 Å². The van der Waals surface area contributed by atoms with Crippen LogP contribution in [0.5, 0.6) is 0 Å². The smallest absolute Gasteiger partial charge is 0.335 e. The average molecular weight is 509 g/mol. The van der Waals surface area contributed by atoms with Crippen molar-refractivity contribution >= 4 is 34.2 Å². The first-order chi connectivity index (χ1) is 17.2. The number of H-pyrrole nitrogens is 1. The van der Waals surface area contributed by atoms with Gasteiger partial charge in [-0.2, -0.15) is 0 Å². The van der Waals surface area contributed by atoms with Crippen LogP contribution in [0.25, 0.3) is 11.0 Å². The molecule has 0 spiro atoms. The molecule has 0 unspecified atom stereocenters. The van der Waals surface area contributed by atoms with Crippen molar-refractivity contribution in [2.45, 2.75) is 45.7 Å². The molecule has 36 heavy (non-hydrogen) atoms. The number of carboxylic acid groups (broad SMARTS) is 1. The summed E-state index contributed by atoms with van der Waals surface area (Å²) in [6.45, 7) is 4.16. The van der Waals surface area contributed by atoms with Crippen LogP contribution >= 0.6 is 11.6 Å². The SMILES string of the molecule is CCc1oc2ccc(/N=c3\[nH]c(=O)n([C@H]4C[C@@H](C(=O)O)C4)c(=O)n3Cc3ccc(Cl)cc3)cc2c1C. The van der Waals surface area contributed by atoms with E-state index in [-0.39, 0.29) is 25.0 Å². The van der Waals surface area contributed by atoms with Gasteiger partial charge in [0.2, 0.25) is 5.62 Å². The lowest BCUT2D eigenvalue weighted by molar-refractivity contribution is -0.146. The molecule has 0 saturated heterocycles. The van der Waals surface area contributed by atoms with E-state index in [1.807, 2.05) is 26.0 Å². The van der Waals surface area contributed by atoms with Crippen molar-refractivity contribution in [3.8, 4) is 0 Å². The third-order valence-corrected chi connectivity index (χ3v) is 7.04. The van der Waals surface area contributed by atoms with Crippen molar-refractivity contribution in [2.24, 2.45) is 10.9 Å². The normalized spacial score (nSPS) is 17.9. The maximum absolute atomic E-state index is 13.5. The van der Waals surface area contributed by atoms with Crippen molar-refractivity contribution < 1.29 is 14.3 Å². The standard InChI is InChI=1S/C26H25ClN4O5/c1-3-21-14(2)20-12-18(8-9-22(20)36-21)28-24-29-25(34)31(19-10-16(11-19)23(32)33)26(35)30(24)13-15-4-6-17(27)7-5-15/h4-9,12,16,19H,3,10-11,13H2,1-2H3,(H,32,33)(H,28,29,34)/t16-,19+. The highest BCUT2D eigenvalue weighted by atomic mass is 35.5. The molecular weight excluding hydrogens is 484 g/mol. The van der Waals surface area contributed by atoms with Crippen molar-refractivity contribution in [3.63, 3.8) is 0 Å². The highest BCUT2D eigenvalue weighted by Crippen LogP contribution is 2.36. The topological polar surface area (TPSA) is 123 Å². The van der Waals surface area contributed by atoms with Crippen molar-refractivity contribution in [1.82, 2.24) is 14.1 Å². The number of rotatable bonds is 6. The summed E-state index contributed by atoms with van der Waals surface area (Å²) in [4.78, 5) is 45.1. The number of aromatic amines is 1. The van der Waals surface area contributed by atoms with Crippen molar-refractivity contribution in [2.75, 3.05) is 0 Å². The van der Waals surface area contributed by atoms with Crippen molar-refractivity contribution in [3.05, 3.63) is 91.0 Å². The highest BCUT2D eigenvalue weighted by molar-refractivity contribution is 6.30. The number of aliphatic carboxylic acids is 1. The summed E-state index contributed by atoms with van der Waals surface area (Å²) in [6.07, 6.45) is 1.22. The molecule has 2 aromatic carbocycles. The Kier molecular flexibility index (Phi) is 6.17. The molecule has 2 aromatic heterocycles. The molecule has 1 saturated carbocycles. The Labute approximate surface area is 210 Å². The third-order valence-electron chi connectivity index (χ3n) is 6.79. The molecule has 1 aliphatic carbocycles. The minimum atomic E-state index is -0.924. The first kappa shape index (κ1) is 23.9. The first-order valence-corrected chi connectivity index (χ1v) is 12.1. The lowest BCUT2D eigenvalue weighted by atomic mass is 9.80. The summed E-state index contributed by atoms with van der Waals surface area (Å²) in [6, 6.07) is 12.0. The lowest BCUT2D eigenvalue weighted by Crippen LogP contribution is -2.53. The van der Waals surface area contributed by atoms with Gasteiger partial charge in [-0.25, -0.2) is 19.1 Å². The van der Waals surface area contributed by atoms with Gasteiger partial charge in [0.1, 0.15) is 11.3 Å². The van der Waals surface area contributed by atoms with Crippen LogP contribution < -0.4 is 17.0 Å². The van der Waals surface area contributed by atoms with Gasteiger partial charge in [-0.15, -0.1) is 0 Å². The predicted octanol–water partition coefficient (Wildman–Crippen LogP) is 3.92. The number of hydrogen-bond donors (Lipinski definition) is 2. The van der Waals surface area contributed by atoms with Crippen LogP contribution in [0.2, 0.25) is 5.02 Å². The van der Waals surface area contributed by atoms with Crippen LogP contribution in [0.3, 0.4) is 0 Å². The quantitative estimate of drug-likeness (QED) is 0.408. The van der Waals surface area contributed by atoms with Gasteiger partial charge >= 0.3 is 17.3 Å². The monoisotopic (exact) mass is 508 g/mol. The van der Waals surface area contributed by atoms with E-state index in [0.29, 0.717) is 10.7 Å². The van der Waals surface area contributed by atoms with Gasteiger partial charge < -0.3 is 9.52 Å². The number of halogens is 1. The minimum absolute atomic E-state index is 0.0986. The molecule has 4 aromatic rings. The Bertz CT molecular complexity index is 1650. The highest BCUT2D eigenvalue weighted by Gasteiger charge is 2.37. The van der Waals surface area contributed by atoms with Gasteiger partial charge in [0.05, 0.1) is 18.2 Å². The fraction of sp³-hybridized carbons (Fsp3) is 0.308. The first-order valence-electron chi connectivity index (χ1n) is 11.7. The molecule has 5 rings (SSSR count). The second-order valence-corrected chi connectivity index (χ2v) is 9.51. The Morgan fingerprint density at radius 1 is 1.19 bits per heavy atom. The summed E-state index contributed by atoms with van der Waals surface area (Å²) in [7, 11) is 0. The van der Waals surface area contributed by atoms with E-state index >= 15 is 0 Å². The zero-order valence-corrected chi connectivity index (χ0v) is 20.6. The third kappa shape index (κ3) is 4.30. The molecule has 2 N–H and O–H groups in total. The minimum Gasteiger partial charge on any atom is -0.481 e. The fourth-order valence-corrected chi connectivity index (χ4v) is 4.77. The number of furan rings is 1. The number of fused-ring (bicyclic) bond motifs is 1. The predicted molar refractivity (Wildman–Crippen MR) is 135 cm³/mol. The zero-order valence-electron chi connectivity index (χ0n) is 19.8. The van der Waals surface area contributed by atoms with Crippen LogP contribution in [0.1, 0.15) is 42.7 Å². The molecule has 0 bridgehead atoms. The summed E-state index contributed by atoms with van der Waals surface area (Å²) in [5, 5.41) is 10.7. The maximum atomic E-state index is 13.5. The maximum Gasteiger partial charge on any atom is 0.335 e. The Hall–Kier alpha value is -3.85. The molecule has 0 radical (unpaired) electrons. The molecule has 0 atom stereocenters. The number of benzene rings is 2. The lowest BCUT2D eigenvalue weighted by Gasteiger charge is -2.33. The molecule has 10 heteroatoms. The number of carbonyl (C=O) groups is 1. The van der Waals surface area contributed by atoms with E-state index in [0.717, 1.165) is 38.8 Å². The van der Waals surface area contributed by atoms with E-state index in [9.17, 15) is 19.5 Å². The summed E-state index contributed by atoms with van der Waals surface area (Å²) >= 11 is 6.02. The van der Waals surface area contributed by atoms with Gasteiger partial charge in [0.25, 0.3) is 0 Å². The molecule has 2 heterocycles. The summed E-state index contributed by atoms with van der Waals surface area (Å²) in [5.74, 6) is -0.586. The van der Waals surface area contributed by atoms with E-state index in [1.165, 1.54) is 4.57 Å². The van der Waals surface area contributed by atoms with Crippen LogP contribution in [0.15, 0.2) is 61.5 Å². The Balaban J connectivity index is 1.65. The molecular formula is C26H25ClN4O5. The molecule has 186 valence electrons. The molecule has 0 aliphatic heterocycles. The van der Waals surface area contributed by atoms with Gasteiger partial charge in [-0.05, 0) is 61.2 Å². The average Bonchev–Trinajstić information content (AvgIpc) is 3.13. The Morgan fingerprint density at radius 3 is 2.58 bits per heavy atom. The van der Waals surface area contributed by atoms with Crippen LogP contribution in [0, 0.1) is 12.8 Å². The van der Waals surface area contributed by atoms with Crippen LogP contribution in [0.4, 0.5) is 5.69 Å². The van der Waals surface area contributed by atoms with Gasteiger partial charge in [-0.1, -0.05) is 30.7 Å². The second-order valence-electron chi connectivity index (χ2n) is 9.08. The summed E-state index contributed by atoms with van der Waals surface area (Å²) < 4.78 is 8.37. The van der Waals surface area contributed by atoms with Gasteiger partial charge in [0.15, 0.2) is 0 Å². The van der Waals surface area contributed by atoms with E-state index in [4.69, 9.17) is 16.0 Å². The van der Waals surface area contributed by atoms with E-state index < -0.39 is 29.3 Å². The summed E-state index contributed by atoms with van der Waals surface area (Å²) in [5.41, 5.74) is 2.06. The van der Waals surface area contributed by atoms with E-state index in [2.05, 4.69) is 9.98 Å². The van der Waals surface area contributed by atoms with E-state index in [1.54, 1.807) is 30.3 Å². The zero-order chi connectivity index (χ0) is 25.6. The number of aromatic nitrogens is 3. The second kappa shape index (κ2) is 9.31. The van der Waals surface area contributed by atoms with Crippen molar-refractivity contribution in [1.29, 1.82) is 0 Å². The van der Waals surface area contributed by atoms with Gasteiger partial charge in [-0.3, -0.25) is 14.3 Å². The molecule has 1 fully saturated rings. The largest absolute Gasteiger partial charge is 0.481 e. The van der Waals surface area contributed by atoms with Crippen LogP contribution in [-0.4, -0.2) is 25.2 Å². The molecule has 0 amide bonds. The number of nitrogens with one attached hydrogen (secondary N) is 1. The number of aryl methyl sites for hydroxylation is 2. The number of carboxylic acids is 1. The molecule has 9 nitrogen and oxygen atoms in total. The molecule has 1 aliphatic rings. The number of hydrogen-bond acceptors (Lipinski definition) is 5.